The second kappa shape index (κ2) is 9.35. The van der Waals surface area contributed by atoms with Crippen LogP contribution >= 0.6 is 11.8 Å². The third-order valence-electron chi connectivity index (χ3n) is 4.34. The Hall–Kier alpha value is -2.63. The molecule has 1 atom stereocenters. The van der Waals surface area contributed by atoms with E-state index in [2.05, 4.69) is 17.4 Å². The molecule has 0 aliphatic carbocycles. The van der Waals surface area contributed by atoms with Gasteiger partial charge in [0.1, 0.15) is 0 Å². The molecule has 1 unspecified atom stereocenters. The zero-order valence-electron chi connectivity index (χ0n) is 14.9. The molecule has 0 aliphatic rings. The van der Waals surface area contributed by atoms with Crippen molar-refractivity contribution in [2.75, 3.05) is 12.4 Å². The van der Waals surface area contributed by atoms with Crippen molar-refractivity contribution in [3.8, 4) is 0 Å². The Morgan fingerprint density at radius 3 is 2.44 bits per heavy atom. The van der Waals surface area contributed by atoms with Crippen molar-refractivity contribution in [2.24, 2.45) is 0 Å². The molecule has 27 heavy (non-hydrogen) atoms. The third kappa shape index (κ3) is 4.76. The summed E-state index contributed by atoms with van der Waals surface area (Å²) in [5, 5.41) is 21.8. The Morgan fingerprint density at radius 2 is 1.74 bits per heavy atom. The molecular formula is C22H22N2O2S. The first-order chi connectivity index (χ1) is 13.2. The second-order valence-corrected chi connectivity index (χ2v) is 7.28. The van der Waals surface area contributed by atoms with Crippen molar-refractivity contribution in [3.05, 3.63) is 83.4 Å². The first kappa shape index (κ1) is 19.1. The molecule has 0 aromatic heterocycles. The minimum Gasteiger partial charge on any atom is -0.394 e. The van der Waals surface area contributed by atoms with E-state index in [1.807, 2.05) is 42.5 Å². The van der Waals surface area contributed by atoms with E-state index in [9.17, 15) is 9.90 Å². The highest BCUT2D eigenvalue weighted by atomic mass is 32.2. The summed E-state index contributed by atoms with van der Waals surface area (Å²) >= 11 is 1.68. The Morgan fingerprint density at radius 1 is 1.04 bits per heavy atom. The fourth-order valence-electron chi connectivity index (χ4n) is 2.94. The van der Waals surface area contributed by atoms with Gasteiger partial charge in [-0.15, -0.1) is 0 Å². The fourth-order valence-corrected chi connectivity index (χ4v) is 3.96. The molecule has 0 bridgehead atoms. The van der Waals surface area contributed by atoms with Crippen LogP contribution in [-0.4, -0.2) is 35.6 Å². The molecule has 1 amide bonds. The monoisotopic (exact) mass is 378 g/mol. The number of aliphatic hydroxyl groups excluding tert-OH is 1. The van der Waals surface area contributed by atoms with Gasteiger partial charge in [-0.2, -0.15) is 11.8 Å². The average molecular weight is 378 g/mol. The number of carbonyl (C=O) groups is 1. The molecule has 0 aliphatic heterocycles. The molecule has 3 aromatic rings. The van der Waals surface area contributed by atoms with E-state index in [1.165, 1.54) is 11.8 Å². The van der Waals surface area contributed by atoms with Gasteiger partial charge in [-0.3, -0.25) is 4.79 Å². The number of carbonyl (C=O) groups excluding carboxylic acids is 1. The first-order valence-corrected chi connectivity index (χ1v) is 9.94. The summed E-state index contributed by atoms with van der Waals surface area (Å²) in [5.74, 6) is 1.26. The zero-order valence-corrected chi connectivity index (χ0v) is 15.7. The highest BCUT2D eigenvalue weighted by molar-refractivity contribution is 7.98. The largest absolute Gasteiger partial charge is 0.394 e. The number of fused-ring (bicyclic) bond motifs is 1. The van der Waals surface area contributed by atoms with Crippen molar-refractivity contribution >= 4 is 34.7 Å². The summed E-state index contributed by atoms with van der Waals surface area (Å²) in [4.78, 5) is 12.8. The van der Waals surface area contributed by atoms with E-state index in [1.54, 1.807) is 23.9 Å². The standard InChI is InChI=1S/C22H22N2O2S/c23-12-17-10-11-21(20-9-5-4-8-19(17)20)22(26)24-18(13-25)15-27-14-16-6-2-1-3-7-16/h1-12,18,23,25H,13-15H2,(H,24,26). The molecule has 0 fully saturated rings. The molecule has 0 heterocycles. The fraction of sp³-hybridized carbons (Fsp3) is 0.182. The summed E-state index contributed by atoms with van der Waals surface area (Å²) in [6.07, 6.45) is 1.29. The SMILES string of the molecule is N=Cc1ccc(C(=O)NC(CO)CSCc2ccccc2)c2ccccc12. The van der Waals surface area contributed by atoms with Crippen LogP contribution in [0.1, 0.15) is 21.5 Å². The van der Waals surface area contributed by atoms with Gasteiger partial charge in [0.15, 0.2) is 0 Å². The molecule has 0 saturated heterocycles. The topological polar surface area (TPSA) is 73.2 Å². The lowest BCUT2D eigenvalue weighted by atomic mass is 9.99. The van der Waals surface area contributed by atoms with Gasteiger partial charge in [0.05, 0.1) is 12.6 Å². The van der Waals surface area contributed by atoms with Crippen LogP contribution in [0.5, 0.6) is 0 Å². The Labute approximate surface area is 163 Å². The van der Waals surface area contributed by atoms with E-state index < -0.39 is 0 Å². The van der Waals surface area contributed by atoms with Crippen LogP contribution in [0.25, 0.3) is 10.8 Å². The van der Waals surface area contributed by atoms with Gasteiger partial charge in [-0.05, 0) is 28.0 Å². The van der Waals surface area contributed by atoms with Crippen LogP contribution in [-0.2, 0) is 5.75 Å². The summed E-state index contributed by atoms with van der Waals surface area (Å²) in [7, 11) is 0. The van der Waals surface area contributed by atoms with Crippen molar-refractivity contribution in [1.82, 2.24) is 5.32 Å². The molecule has 5 heteroatoms. The minimum absolute atomic E-state index is 0.107. The maximum Gasteiger partial charge on any atom is 0.252 e. The molecule has 0 radical (unpaired) electrons. The highest BCUT2D eigenvalue weighted by Gasteiger charge is 2.16. The number of rotatable bonds is 8. The Balaban J connectivity index is 1.68. The molecule has 138 valence electrons. The number of hydrogen-bond donors (Lipinski definition) is 3. The van der Waals surface area contributed by atoms with Crippen LogP contribution in [0.2, 0.25) is 0 Å². The van der Waals surface area contributed by atoms with Gasteiger partial charge < -0.3 is 15.8 Å². The third-order valence-corrected chi connectivity index (χ3v) is 5.52. The van der Waals surface area contributed by atoms with E-state index in [4.69, 9.17) is 5.41 Å². The van der Waals surface area contributed by atoms with Crippen molar-refractivity contribution in [2.45, 2.75) is 11.8 Å². The molecule has 3 rings (SSSR count). The molecule has 0 spiro atoms. The molecule has 3 aromatic carbocycles. The van der Waals surface area contributed by atoms with E-state index >= 15 is 0 Å². The van der Waals surface area contributed by atoms with Crippen LogP contribution < -0.4 is 5.32 Å². The second-order valence-electron chi connectivity index (χ2n) is 6.25. The van der Waals surface area contributed by atoms with Gasteiger partial charge >= 0.3 is 0 Å². The number of aliphatic hydroxyl groups is 1. The minimum atomic E-state index is -0.313. The number of thioether (sulfide) groups is 1. The van der Waals surface area contributed by atoms with Crippen molar-refractivity contribution in [1.29, 1.82) is 5.41 Å². The van der Waals surface area contributed by atoms with Gasteiger partial charge in [-0.25, -0.2) is 0 Å². The normalized spacial score (nSPS) is 11.9. The zero-order chi connectivity index (χ0) is 19.1. The number of benzene rings is 3. The number of hydrogen-bond acceptors (Lipinski definition) is 4. The Kier molecular flexibility index (Phi) is 6.63. The van der Waals surface area contributed by atoms with Crippen molar-refractivity contribution in [3.63, 3.8) is 0 Å². The number of amides is 1. The molecule has 3 N–H and O–H groups in total. The summed E-state index contributed by atoms with van der Waals surface area (Å²) in [5.41, 5.74) is 2.56. The summed E-state index contributed by atoms with van der Waals surface area (Å²) in [6.45, 7) is -0.107. The van der Waals surface area contributed by atoms with E-state index in [-0.39, 0.29) is 18.6 Å². The smallest absolute Gasteiger partial charge is 0.252 e. The predicted molar refractivity (Wildman–Crippen MR) is 113 cm³/mol. The van der Waals surface area contributed by atoms with Crippen LogP contribution in [0.4, 0.5) is 0 Å². The molecule has 0 saturated carbocycles. The lowest BCUT2D eigenvalue weighted by molar-refractivity contribution is 0.0925. The lowest BCUT2D eigenvalue weighted by Gasteiger charge is -2.17. The van der Waals surface area contributed by atoms with E-state index in [0.29, 0.717) is 11.3 Å². The van der Waals surface area contributed by atoms with Gasteiger partial charge in [0.2, 0.25) is 0 Å². The average Bonchev–Trinajstić information content (AvgIpc) is 2.72. The van der Waals surface area contributed by atoms with Crippen LogP contribution in [0.15, 0.2) is 66.7 Å². The molecule has 4 nitrogen and oxygen atoms in total. The first-order valence-electron chi connectivity index (χ1n) is 8.78. The van der Waals surface area contributed by atoms with Gasteiger partial charge in [0.25, 0.3) is 5.91 Å². The Bertz CT molecular complexity index is 928. The van der Waals surface area contributed by atoms with Crippen LogP contribution in [0.3, 0.4) is 0 Å². The quantitative estimate of drug-likeness (QED) is 0.521. The number of nitrogens with one attached hydrogen (secondary N) is 2. The van der Waals surface area contributed by atoms with Crippen LogP contribution in [0, 0.1) is 5.41 Å². The molecular weight excluding hydrogens is 356 g/mol. The van der Waals surface area contributed by atoms with E-state index in [0.717, 1.165) is 22.1 Å². The van der Waals surface area contributed by atoms with Gasteiger partial charge in [-0.1, -0.05) is 60.7 Å². The summed E-state index contributed by atoms with van der Waals surface area (Å²) < 4.78 is 0. The maximum atomic E-state index is 12.8. The van der Waals surface area contributed by atoms with Crippen molar-refractivity contribution < 1.29 is 9.90 Å². The highest BCUT2D eigenvalue weighted by Crippen LogP contribution is 2.22. The predicted octanol–water partition coefficient (Wildman–Crippen LogP) is 3.86. The maximum absolute atomic E-state index is 12.8. The summed E-state index contributed by atoms with van der Waals surface area (Å²) in [6, 6.07) is 20.9. The van der Waals surface area contributed by atoms with Gasteiger partial charge in [0, 0.05) is 23.3 Å². The lowest BCUT2D eigenvalue weighted by Crippen LogP contribution is -2.39.